The Balaban J connectivity index is 2.16. The molecule has 0 saturated heterocycles. The van der Waals surface area contributed by atoms with Gasteiger partial charge in [-0.2, -0.15) is 0 Å². The van der Waals surface area contributed by atoms with Crippen LogP contribution in [0.4, 0.5) is 0 Å². The van der Waals surface area contributed by atoms with Crippen LogP contribution in [0.3, 0.4) is 0 Å². The van der Waals surface area contributed by atoms with E-state index in [-0.39, 0.29) is 5.91 Å². The number of thiophene rings is 1. The topological polar surface area (TPSA) is 38.3 Å². The molecule has 0 radical (unpaired) electrons. The van der Waals surface area contributed by atoms with Crippen molar-refractivity contribution in [1.29, 1.82) is 0 Å². The average molecular weight is 304 g/mol. The van der Waals surface area contributed by atoms with E-state index < -0.39 is 0 Å². The number of nitrogens with one attached hydrogen (secondary N) is 1. The van der Waals surface area contributed by atoms with Crippen molar-refractivity contribution in [3.05, 3.63) is 33.5 Å². The highest BCUT2D eigenvalue weighted by molar-refractivity contribution is 9.10. The summed E-state index contributed by atoms with van der Waals surface area (Å²) in [7, 11) is 0. The number of ether oxygens (including phenoxy) is 1. The second-order valence-corrected chi connectivity index (χ2v) is 4.81. The molecule has 1 aromatic heterocycles. The summed E-state index contributed by atoms with van der Waals surface area (Å²) in [6, 6.07) is 1.86. The van der Waals surface area contributed by atoms with Crippen molar-refractivity contribution in [1.82, 2.24) is 5.32 Å². The average Bonchev–Trinajstić information content (AvgIpc) is 2.69. The molecular formula is C11H14BrNO2S. The molecule has 1 heterocycles. The molecule has 0 atom stereocenters. The van der Waals surface area contributed by atoms with Crippen LogP contribution in [-0.2, 0) is 4.74 Å². The smallest absolute Gasteiger partial charge is 0.262 e. The van der Waals surface area contributed by atoms with E-state index in [1.165, 1.54) is 11.3 Å². The molecule has 16 heavy (non-hydrogen) atoms. The molecule has 1 aromatic rings. The van der Waals surface area contributed by atoms with Crippen LogP contribution in [0.5, 0.6) is 0 Å². The van der Waals surface area contributed by atoms with Crippen molar-refractivity contribution in [2.24, 2.45) is 0 Å². The second-order valence-electron chi connectivity index (χ2n) is 3.04. The minimum atomic E-state index is -0.0609. The van der Waals surface area contributed by atoms with Crippen LogP contribution in [0.15, 0.2) is 28.6 Å². The third kappa shape index (κ3) is 4.47. The summed E-state index contributed by atoms with van der Waals surface area (Å²) < 4.78 is 6.11. The molecular weight excluding hydrogens is 290 g/mol. The van der Waals surface area contributed by atoms with Gasteiger partial charge >= 0.3 is 0 Å². The Morgan fingerprint density at radius 1 is 1.62 bits per heavy atom. The Kier molecular flexibility index (Phi) is 6.37. The van der Waals surface area contributed by atoms with E-state index in [9.17, 15) is 4.79 Å². The number of rotatable bonds is 7. The highest BCUT2D eigenvalue weighted by Gasteiger charge is 2.09. The zero-order chi connectivity index (χ0) is 11.8. The molecule has 0 saturated carbocycles. The lowest BCUT2D eigenvalue weighted by Crippen LogP contribution is -2.26. The third-order valence-corrected chi connectivity index (χ3v) is 3.66. The van der Waals surface area contributed by atoms with Gasteiger partial charge in [0.15, 0.2) is 0 Å². The predicted molar refractivity (Wildman–Crippen MR) is 70.0 cm³/mol. The summed E-state index contributed by atoms with van der Waals surface area (Å²) in [6.07, 6.45) is 2.64. The van der Waals surface area contributed by atoms with E-state index in [0.29, 0.717) is 24.6 Å². The van der Waals surface area contributed by atoms with Crippen molar-refractivity contribution in [2.45, 2.75) is 6.42 Å². The number of carbonyl (C=O) groups is 1. The molecule has 0 spiro atoms. The summed E-state index contributed by atoms with van der Waals surface area (Å²) in [6.45, 7) is 5.31. The number of carbonyl (C=O) groups excluding carboxylic acids is 1. The van der Waals surface area contributed by atoms with Gasteiger partial charge in [-0.3, -0.25) is 4.79 Å². The van der Waals surface area contributed by atoms with E-state index in [1.807, 2.05) is 11.4 Å². The monoisotopic (exact) mass is 303 g/mol. The maximum atomic E-state index is 11.6. The second kappa shape index (κ2) is 7.60. The van der Waals surface area contributed by atoms with Gasteiger partial charge in [0, 0.05) is 11.0 Å². The van der Waals surface area contributed by atoms with Gasteiger partial charge in [-0.1, -0.05) is 6.08 Å². The lowest BCUT2D eigenvalue weighted by atomic mass is 10.4. The van der Waals surface area contributed by atoms with Gasteiger partial charge in [0.05, 0.1) is 13.2 Å². The summed E-state index contributed by atoms with van der Waals surface area (Å²) >= 11 is 4.73. The quantitative estimate of drug-likeness (QED) is 0.621. The van der Waals surface area contributed by atoms with E-state index in [2.05, 4.69) is 27.8 Å². The van der Waals surface area contributed by atoms with E-state index in [1.54, 1.807) is 6.08 Å². The summed E-state index contributed by atoms with van der Waals surface area (Å²) in [5, 5.41) is 4.67. The van der Waals surface area contributed by atoms with Crippen molar-refractivity contribution in [3.63, 3.8) is 0 Å². The van der Waals surface area contributed by atoms with Crippen molar-refractivity contribution in [3.8, 4) is 0 Å². The van der Waals surface area contributed by atoms with Gasteiger partial charge in [-0.15, -0.1) is 17.9 Å². The molecule has 0 unspecified atom stereocenters. The number of amides is 1. The first kappa shape index (κ1) is 13.4. The fourth-order valence-corrected chi connectivity index (χ4v) is 2.51. The Bertz CT molecular complexity index is 352. The standard InChI is InChI=1S/C11H14BrNO2S/c1-2-3-6-15-7-5-13-11(14)10-9(12)4-8-16-10/h2,4,8H,1,3,5-7H2,(H,13,14). The van der Waals surface area contributed by atoms with Crippen LogP contribution in [0.1, 0.15) is 16.1 Å². The molecule has 0 aliphatic rings. The fraction of sp³-hybridized carbons (Fsp3) is 0.364. The molecule has 5 heteroatoms. The summed E-state index contributed by atoms with van der Waals surface area (Å²) in [5.41, 5.74) is 0. The molecule has 1 amide bonds. The zero-order valence-corrected chi connectivity index (χ0v) is 11.3. The number of hydrogen-bond donors (Lipinski definition) is 1. The molecule has 0 bridgehead atoms. The van der Waals surface area contributed by atoms with E-state index >= 15 is 0 Å². The van der Waals surface area contributed by atoms with Gasteiger partial charge in [0.1, 0.15) is 4.88 Å². The Morgan fingerprint density at radius 2 is 2.44 bits per heavy atom. The van der Waals surface area contributed by atoms with Crippen LogP contribution in [0.25, 0.3) is 0 Å². The maximum absolute atomic E-state index is 11.6. The third-order valence-electron chi connectivity index (χ3n) is 1.82. The molecule has 3 nitrogen and oxygen atoms in total. The normalized spacial score (nSPS) is 10.1. The van der Waals surface area contributed by atoms with Crippen molar-refractivity contribution < 1.29 is 9.53 Å². The first-order chi connectivity index (χ1) is 7.75. The molecule has 0 aliphatic heterocycles. The van der Waals surface area contributed by atoms with Gasteiger partial charge in [-0.25, -0.2) is 0 Å². The first-order valence-corrected chi connectivity index (χ1v) is 6.62. The Labute approximate surface area is 108 Å². The highest BCUT2D eigenvalue weighted by atomic mass is 79.9. The lowest BCUT2D eigenvalue weighted by molar-refractivity contribution is 0.0921. The Morgan fingerprint density at radius 3 is 3.06 bits per heavy atom. The molecule has 0 aromatic carbocycles. The Hall–Kier alpha value is -0.650. The zero-order valence-electron chi connectivity index (χ0n) is 8.87. The molecule has 1 rings (SSSR count). The largest absolute Gasteiger partial charge is 0.379 e. The molecule has 0 fully saturated rings. The first-order valence-electron chi connectivity index (χ1n) is 4.95. The predicted octanol–water partition coefficient (Wildman–Crippen LogP) is 2.83. The van der Waals surface area contributed by atoms with Crippen LogP contribution in [0.2, 0.25) is 0 Å². The lowest BCUT2D eigenvalue weighted by Gasteiger charge is -2.04. The van der Waals surface area contributed by atoms with Crippen LogP contribution < -0.4 is 5.32 Å². The van der Waals surface area contributed by atoms with Gasteiger partial charge < -0.3 is 10.1 Å². The van der Waals surface area contributed by atoms with Crippen LogP contribution in [0, 0.1) is 0 Å². The minimum Gasteiger partial charge on any atom is -0.379 e. The van der Waals surface area contributed by atoms with Crippen LogP contribution in [-0.4, -0.2) is 25.7 Å². The summed E-state index contributed by atoms with van der Waals surface area (Å²) in [5.74, 6) is -0.0609. The molecule has 1 N–H and O–H groups in total. The molecule has 88 valence electrons. The van der Waals surface area contributed by atoms with Crippen molar-refractivity contribution >= 4 is 33.2 Å². The molecule has 0 aliphatic carbocycles. The van der Waals surface area contributed by atoms with Crippen molar-refractivity contribution in [2.75, 3.05) is 19.8 Å². The maximum Gasteiger partial charge on any atom is 0.262 e. The van der Waals surface area contributed by atoms with Gasteiger partial charge in [0.2, 0.25) is 0 Å². The number of hydrogen-bond acceptors (Lipinski definition) is 3. The van der Waals surface area contributed by atoms with Gasteiger partial charge in [0.25, 0.3) is 5.91 Å². The SMILES string of the molecule is C=CCCOCCNC(=O)c1sccc1Br. The van der Waals surface area contributed by atoms with Crippen LogP contribution >= 0.6 is 27.3 Å². The summed E-state index contributed by atoms with van der Waals surface area (Å²) in [4.78, 5) is 12.3. The minimum absolute atomic E-state index is 0.0609. The number of halogens is 1. The fourth-order valence-electron chi connectivity index (χ4n) is 1.04. The van der Waals surface area contributed by atoms with E-state index in [0.717, 1.165) is 10.9 Å². The van der Waals surface area contributed by atoms with Gasteiger partial charge in [-0.05, 0) is 33.8 Å². The highest BCUT2D eigenvalue weighted by Crippen LogP contribution is 2.21. The van der Waals surface area contributed by atoms with E-state index in [4.69, 9.17) is 4.74 Å².